The lowest BCUT2D eigenvalue weighted by atomic mass is 10.1. The predicted octanol–water partition coefficient (Wildman–Crippen LogP) is 3.19. The van der Waals surface area contributed by atoms with Crippen LogP contribution in [-0.2, 0) is 4.74 Å². The number of hydrogen-bond donors (Lipinski definition) is 1. The summed E-state index contributed by atoms with van der Waals surface area (Å²) in [4.78, 5) is 0. The summed E-state index contributed by atoms with van der Waals surface area (Å²) >= 11 is 6.28. The normalized spacial score (nSPS) is 13.2. The average molecular weight is 274 g/mol. The molecular formula is C13H24ClN3O. The van der Waals surface area contributed by atoms with E-state index in [-0.39, 0.29) is 6.04 Å². The van der Waals surface area contributed by atoms with Gasteiger partial charge in [-0.1, -0.05) is 18.5 Å². The molecule has 0 fully saturated rings. The van der Waals surface area contributed by atoms with Crippen LogP contribution in [0.1, 0.15) is 51.4 Å². The Bertz CT molecular complexity index is 352. The largest absolute Gasteiger partial charge is 0.385 e. The van der Waals surface area contributed by atoms with Gasteiger partial charge in [0.2, 0.25) is 0 Å². The monoisotopic (exact) mass is 273 g/mol. The van der Waals surface area contributed by atoms with Gasteiger partial charge in [0.05, 0.1) is 23.0 Å². The molecule has 0 amide bonds. The predicted molar refractivity (Wildman–Crippen MR) is 75.1 cm³/mol. The van der Waals surface area contributed by atoms with Gasteiger partial charge in [0.25, 0.3) is 0 Å². The zero-order valence-electron chi connectivity index (χ0n) is 11.7. The SMILES string of the molecule is CCNC(CCCOC)c1c(Cl)cnn1C(C)C. The van der Waals surface area contributed by atoms with Gasteiger partial charge in [-0.15, -0.1) is 0 Å². The molecule has 104 valence electrons. The molecule has 1 aromatic heterocycles. The molecule has 1 atom stereocenters. The van der Waals surface area contributed by atoms with Crippen LogP contribution in [0.2, 0.25) is 5.02 Å². The summed E-state index contributed by atoms with van der Waals surface area (Å²) in [7, 11) is 1.73. The van der Waals surface area contributed by atoms with Gasteiger partial charge in [0.15, 0.2) is 0 Å². The Morgan fingerprint density at radius 3 is 2.78 bits per heavy atom. The Morgan fingerprint density at radius 2 is 2.22 bits per heavy atom. The minimum Gasteiger partial charge on any atom is -0.385 e. The fourth-order valence-corrected chi connectivity index (χ4v) is 2.36. The van der Waals surface area contributed by atoms with Crippen molar-refractivity contribution in [3.8, 4) is 0 Å². The van der Waals surface area contributed by atoms with Crippen molar-refractivity contribution >= 4 is 11.6 Å². The van der Waals surface area contributed by atoms with E-state index in [2.05, 4.69) is 31.2 Å². The number of hydrogen-bond acceptors (Lipinski definition) is 3. The highest BCUT2D eigenvalue weighted by molar-refractivity contribution is 6.31. The molecule has 0 radical (unpaired) electrons. The Morgan fingerprint density at radius 1 is 1.50 bits per heavy atom. The van der Waals surface area contributed by atoms with E-state index in [4.69, 9.17) is 16.3 Å². The molecule has 0 aliphatic carbocycles. The van der Waals surface area contributed by atoms with Crippen molar-refractivity contribution < 1.29 is 4.74 Å². The van der Waals surface area contributed by atoms with Crippen LogP contribution in [0.25, 0.3) is 0 Å². The van der Waals surface area contributed by atoms with E-state index in [1.54, 1.807) is 13.3 Å². The summed E-state index contributed by atoms with van der Waals surface area (Å²) in [5.41, 5.74) is 1.09. The molecule has 0 aliphatic heterocycles. The fraction of sp³-hybridized carbons (Fsp3) is 0.769. The smallest absolute Gasteiger partial charge is 0.0834 e. The average Bonchev–Trinajstić information content (AvgIpc) is 2.70. The second kappa shape index (κ2) is 7.77. The summed E-state index contributed by atoms with van der Waals surface area (Å²) in [6.45, 7) is 8.02. The quantitative estimate of drug-likeness (QED) is 0.740. The molecular weight excluding hydrogens is 250 g/mol. The van der Waals surface area contributed by atoms with Crippen LogP contribution < -0.4 is 5.32 Å². The van der Waals surface area contributed by atoms with E-state index in [0.29, 0.717) is 6.04 Å². The molecule has 0 saturated heterocycles. The van der Waals surface area contributed by atoms with Gasteiger partial charge >= 0.3 is 0 Å². The lowest BCUT2D eigenvalue weighted by Crippen LogP contribution is -2.25. The summed E-state index contributed by atoms with van der Waals surface area (Å²) in [5.74, 6) is 0. The van der Waals surface area contributed by atoms with Gasteiger partial charge in [0.1, 0.15) is 0 Å². The second-order valence-electron chi connectivity index (χ2n) is 4.66. The highest BCUT2D eigenvalue weighted by Gasteiger charge is 2.20. The highest BCUT2D eigenvalue weighted by atomic mass is 35.5. The third-order valence-electron chi connectivity index (χ3n) is 2.90. The molecule has 5 heteroatoms. The van der Waals surface area contributed by atoms with Gasteiger partial charge in [-0.25, -0.2) is 0 Å². The molecule has 0 saturated carbocycles. The van der Waals surface area contributed by atoms with E-state index in [9.17, 15) is 0 Å². The third-order valence-corrected chi connectivity index (χ3v) is 3.19. The Hall–Kier alpha value is -0.580. The lowest BCUT2D eigenvalue weighted by Gasteiger charge is -2.21. The number of rotatable bonds is 8. The van der Waals surface area contributed by atoms with Crippen molar-refractivity contribution in [2.24, 2.45) is 0 Å². The molecule has 1 aromatic rings. The van der Waals surface area contributed by atoms with E-state index in [1.165, 1.54) is 0 Å². The van der Waals surface area contributed by atoms with Crippen LogP contribution in [0.15, 0.2) is 6.20 Å². The van der Waals surface area contributed by atoms with Gasteiger partial charge in [-0.2, -0.15) is 5.10 Å². The van der Waals surface area contributed by atoms with Crippen molar-refractivity contribution in [1.82, 2.24) is 15.1 Å². The highest BCUT2D eigenvalue weighted by Crippen LogP contribution is 2.28. The molecule has 1 unspecified atom stereocenters. The van der Waals surface area contributed by atoms with Crippen molar-refractivity contribution in [2.45, 2.75) is 45.7 Å². The van der Waals surface area contributed by atoms with E-state index in [0.717, 1.165) is 36.7 Å². The maximum absolute atomic E-state index is 6.28. The molecule has 4 nitrogen and oxygen atoms in total. The lowest BCUT2D eigenvalue weighted by molar-refractivity contribution is 0.188. The van der Waals surface area contributed by atoms with Crippen LogP contribution in [0.3, 0.4) is 0 Å². The maximum Gasteiger partial charge on any atom is 0.0834 e. The van der Waals surface area contributed by atoms with Crippen LogP contribution in [0, 0.1) is 0 Å². The summed E-state index contributed by atoms with van der Waals surface area (Å²) in [6, 6.07) is 0.554. The summed E-state index contributed by atoms with van der Waals surface area (Å²) < 4.78 is 7.11. The number of aromatic nitrogens is 2. The molecule has 1 heterocycles. The molecule has 0 spiro atoms. The molecule has 1 N–H and O–H groups in total. The number of nitrogens with zero attached hydrogens (tertiary/aromatic N) is 2. The van der Waals surface area contributed by atoms with Crippen molar-refractivity contribution in [3.05, 3.63) is 16.9 Å². The van der Waals surface area contributed by atoms with Crippen molar-refractivity contribution in [1.29, 1.82) is 0 Å². The zero-order chi connectivity index (χ0) is 13.5. The van der Waals surface area contributed by atoms with Gasteiger partial charge < -0.3 is 10.1 Å². The Kier molecular flexibility index (Phi) is 6.68. The van der Waals surface area contributed by atoms with Crippen LogP contribution in [0.4, 0.5) is 0 Å². The topological polar surface area (TPSA) is 39.1 Å². The second-order valence-corrected chi connectivity index (χ2v) is 5.07. The number of ether oxygens (including phenoxy) is 1. The first-order valence-corrected chi connectivity index (χ1v) is 6.94. The van der Waals surface area contributed by atoms with Crippen LogP contribution >= 0.6 is 11.6 Å². The van der Waals surface area contributed by atoms with Crippen molar-refractivity contribution in [2.75, 3.05) is 20.3 Å². The first-order chi connectivity index (χ1) is 8.61. The third kappa shape index (κ3) is 3.97. The van der Waals surface area contributed by atoms with Crippen LogP contribution in [-0.4, -0.2) is 30.0 Å². The Labute approximate surface area is 115 Å². The van der Waals surface area contributed by atoms with Gasteiger partial charge in [-0.05, 0) is 33.2 Å². The molecule has 0 aliphatic rings. The first-order valence-electron chi connectivity index (χ1n) is 6.57. The van der Waals surface area contributed by atoms with E-state index >= 15 is 0 Å². The summed E-state index contributed by atoms with van der Waals surface area (Å²) in [6.07, 6.45) is 3.74. The molecule has 18 heavy (non-hydrogen) atoms. The molecule has 0 aromatic carbocycles. The molecule has 1 rings (SSSR count). The number of halogens is 1. The number of nitrogens with one attached hydrogen (secondary N) is 1. The first kappa shape index (κ1) is 15.5. The minimum absolute atomic E-state index is 0.238. The Balaban J connectivity index is 2.86. The zero-order valence-corrected chi connectivity index (χ0v) is 12.5. The van der Waals surface area contributed by atoms with Crippen molar-refractivity contribution in [3.63, 3.8) is 0 Å². The van der Waals surface area contributed by atoms with Gasteiger partial charge in [0, 0.05) is 19.8 Å². The maximum atomic E-state index is 6.28. The molecule has 0 bridgehead atoms. The van der Waals surface area contributed by atoms with Crippen LogP contribution in [0.5, 0.6) is 0 Å². The van der Waals surface area contributed by atoms with E-state index < -0.39 is 0 Å². The van der Waals surface area contributed by atoms with E-state index in [1.807, 2.05) is 4.68 Å². The number of methoxy groups -OCH3 is 1. The minimum atomic E-state index is 0.238. The fourth-order valence-electron chi connectivity index (χ4n) is 2.10. The standard InChI is InChI=1S/C13H24ClN3O/c1-5-15-12(7-6-8-18-4)13-11(14)9-16-17(13)10(2)3/h9-10,12,15H,5-8H2,1-4H3. The summed E-state index contributed by atoms with van der Waals surface area (Å²) in [5, 5.41) is 8.58. The van der Waals surface area contributed by atoms with Gasteiger partial charge in [-0.3, -0.25) is 4.68 Å².